The maximum absolute atomic E-state index is 6.19. The fourth-order valence-corrected chi connectivity index (χ4v) is 2.58. The first-order chi connectivity index (χ1) is 8.56. The minimum Gasteiger partial charge on any atom is -0.323 e. The third-order valence-corrected chi connectivity index (χ3v) is 3.69. The van der Waals surface area contributed by atoms with Gasteiger partial charge in [-0.3, -0.25) is 0 Å². The average Bonchev–Trinajstić information content (AvgIpc) is 2.88. The number of hydrogen-bond donors (Lipinski definition) is 1. The topological polar surface area (TPSA) is 69.6 Å². The van der Waals surface area contributed by atoms with Gasteiger partial charge in [-0.25, -0.2) is 14.6 Å². The Morgan fingerprint density at radius 3 is 2.78 bits per heavy atom. The molecule has 0 bridgehead atoms. The van der Waals surface area contributed by atoms with Gasteiger partial charge >= 0.3 is 0 Å². The zero-order valence-corrected chi connectivity index (χ0v) is 11.8. The van der Waals surface area contributed by atoms with Crippen molar-refractivity contribution in [3.05, 3.63) is 28.2 Å². The summed E-state index contributed by atoms with van der Waals surface area (Å²) in [6, 6.07) is -0.0497. The molecule has 0 aliphatic carbocycles. The lowest BCUT2D eigenvalue weighted by Crippen LogP contribution is -2.17. The average molecular weight is 265 g/mol. The van der Waals surface area contributed by atoms with Crippen LogP contribution in [0, 0.1) is 12.8 Å². The lowest BCUT2D eigenvalue weighted by Gasteiger charge is -2.11. The number of aryl methyl sites for hydroxylation is 1. The Morgan fingerprint density at radius 1 is 1.39 bits per heavy atom. The number of nitrogens with two attached hydrogens (primary N) is 1. The Labute approximate surface area is 111 Å². The Kier molecular flexibility index (Phi) is 4.08. The number of rotatable bonds is 5. The van der Waals surface area contributed by atoms with Crippen molar-refractivity contribution in [2.24, 2.45) is 11.7 Å². The van der Waals surface area contributed by atoms with Gasteiger partial charge in [-0.2, -0.15) is 5.10 Å². The van der Waals surface area contributed by atoms with Crippen LogP contribution in [0.1, 0.15) is 35.6 Å². The van der Waals surface area contributed by atoms with Crippen molar-refractivity contribution in [2.45, 2.75) is 39.8 Å². The summed E-state index contributed by atoms with van der Waals surface area (Å²) in [5.74, 6) is 1.49. The standard InChI is InChI=1S/C12H19N5S/c1-8(2)6-17-12(15-7-16-17)4-10(13)11-5-14-9(3)18-11/h5,7-8,10H,4,6,13H2,1-3H3. The number of hydrogen-bond acceptors (Lipinski definition) is 5. The Hall–Kier alpha value is -1.27. The van der Waals surface area contributed by atoms with E-state index in [1.165, 1.54) is 0 Å². The molecule has 6 heteroatoms. The molecule has 0 aromatic carbocycles. The van der Waals surface area contributed by atoms with E-state index in [-0.39, 0.29) is 6.04 Å². The SMILES string of the molecule is Cc1ncc(C(N)Cc2ncnn2CC(C)C)s1. The molecule has 2 aromatic heterocycles. The van der Waals surface area contributed by atoms with E-state index < -0.39 is 0 Å². The largest absolute Gasteiger partial charge is 0.323 e. The van der Waals surface area contributed by atoms with Crippen LogP contribution in [0.3, 0.4) is 0 Å². The van der Waals surface area contributed by atoms with E-state index in [0.717, 1.165) is 22.3 Å². The molecule has 0 saturated heterocycles. The van der Waals surface area contributed by atoms with E-state index in [1.54, 1.807) is 17.7 Å². The van der Waals surface area contributed by atoms with Crippen molar-refractivity contribution < 1.29 is 0 Å². The molecule has 0 spiro atoms. The van der Waals surface area contributed by atoms with Crippen LogP contribution in [0.2, 0.25) is 0 Å². The van der Waals surface area contributed by atoms with Gasteiger partial charge in [0.1, 0.15) is 12.2 Å². The molecule has 0 amide bonds. The molecule has 0 aliphatic rings. The summed E-state index contributed by atoms with van der Waals surface area (Å²) in [6.45, 7) is 7.20. The van der Waals surface area contributed by atoms with Crippen LogP contribution in [0.25, 0.3) is 0 Å². The first-order valence-electron chi connectivity index (χ1n) is 6.11. The number of aromatic nitrogens is 4. The third kappa shape index (κ3) is 3.14. The molecule has 0 radical (unpaired) electrons. The summed E-state index contributed by atoms with van der Waals surface area (Å²) in [7, 11) is 0. The second-order valence-corrected chi connectivity index (χ2v) is 6.11. The van der Waals surface area contributed by atoms with Gasteiger partial charge in [-0.05, 0) is 12.8 Å². The maximum Gasteiger partial charge on any atom is 0.138 e. The smallest absolute Gasteiger partial charge is 0.138 e. The van der Waals surface area contributed by atoms with Crippen LogP contribution in [0.5, 0.6) is 0 Å². The molecule has 18 heavy (non-hydrogen) atoms. The highest BCUT2D eigenvalue weighted by Crippen LogP contribution is 2.21. The fourth-order valence-electron chi connectivity index (χ4n) is 1.79. The normalized spacial score (nSPS) is 13.2. The molecule has 1 atom stereocenters. The summed E-state index contributed by atoms with van der Waals surface area (Å²) in [4.78, 5) is 9.63. The van der Waals surface area contributed by atoms with Crippen molar-refractivity contribution in [1.82, 2.24) is 19.7 Å². The Bertz CT molecular complexity index is 502. The molecule has 2 N–H and O–H groups in total. The van der Waals surface area contributed by atoms with Crippen LogP contribution >= 0.6 is 11.3 Å². The van der Waals surface area contributed by atoms with Gasteiger partial charge < -0.3 is 5.73 Å². The molecule has 2 rings (SSSR count). The highest BCUT2D eigenvalue weighted by Gasteiger charge is 2.14. The first kappa shape index (κ1) is 13.2. The number of nitrogens with zero attached hydrogens (tertiary/aromatic N) is 4. The van der Waals surface area contributed by atoms with E-state index in [2.05, 4.69) is 28.9 Å². The van der Waals surface area contributed by atoms with E-state index in [0.29, 0.717) is 12.3 Å². The Balaban J connectivity index is 2.07. The molecular formula is C12H19N5S. The van der Waals surface area contributed by atoms with Gasteiger partial charge in [0.05, 0.1) is 5.01 Å². The number of thiazole rings is 1. The van der Waals surface area contributed by atoms with E-state index in [1.807, 2.05) is 17.8 Å². The highest BCUT2D eigenvalue weighted by molar-refractivity contribution is 7.11. The van der Waals surface area contributed by atoms with Crippen LogP contribution in [-0.2, 0) is 13.0 Å². The van der Waals surface area contributed by atoms with Gasteiger partial charge in [0.15, 0.2) is 0 Å². The molecule has 5 nitrogen and oxygen atoms in total. The van der Waals surface area contributed by atoms with Crippen molar-refractivity contribution in [3.63, 3.8) is 0 Å². The summed E-state index contributed by atoms with van der Waals surface area (Å²) in [5, 5.41) is 5.29. The van der Waals surface area contributed by atoms with E-state index in [4.69, 9.17) is 5.73 Å². The quantitative estimate of drug-likeness (QED) is 0.897. The lowest BCUT2D eigenvalue weighted by atomic mass is 10.2. The highest BCUT2D eigenvalue weighted by atomic mass is 32.1. The predicted octanol–water partition coefficient (Wildman–Crippen LogP) is 1.94. The zero-order chi connectivity index (χ0) is 13.1. The van der Waals surface area contributed by atoms with Crippen molar-refractivity contribution >= 4 is 11.3 Å². The second kappa shape index (κ2) is 5.58. The lowest BCUT2D eigenvalue weighted by molar-refractivity contribution is 0.460. The third-order valence-electron chi connectivity index (χ3n) is 2.64. The minimum absolute atomic E-state index is 0.0497. The van der Waals surface area contributed by atoms with E-state index in [9.17, 15) is 0 Å². The minimum atomic E-state index is -0.0497. The fraction of sp³-hybridized carbons (Fsp3) is 0.583. The van der Waals surface area contributed by atoms with Crippen molar-refractivity contribution in [1.29, 1.82) is 0 Å². The van der Waals surface area contributed by atoms with Crippen molar-refractivity contribution in [3.8, 4) is 0 Å². The first-order valence-corrected chi connectivity index (χ1v) is 6.92. The van der Waals surface area contributed by atoms with Gasteiger partial charge in [-0.1, -0.05) is 13.8 Å². The second-order valence-electron chi connectivity index (χ2n) is 4.84. The predicted molar refractivity (Wildman–Crippen MR) is 72.3 cm³/mol. The van der Waals surface area contributed by atoms with Crippen LogP contribution < -0.4 is 5.73 Å². The molecular weight excluding hydrogens is 246 g/mol. The van der Waals surface area contributed by atoms with Crippen molar-refractivity contribution in [2.75, 3.05) is 0 Å². The molecule has 0 fully saturated rings. The van der Waals surface area contributed by atoms with Gasteiger partial charge in [0.25, 0.3) is 0 Å². The van der Waals surface area contributed by atoms with E-state index >= 15 is 0 Å². The summed E-state index contributed by atoms with van der Waals surface area (Å²) in [5.41, 5.74) is 6.19. The summed E-state index contributed by atoms with van der Waals surface area (Å²) < 4.78 is 1.94. The molecule has 0 aliphatic heterocycles. The molecule has 0 saturated carbocycles. The monoisotopic (exact) mass is 265 g/mol. The van der Waals surface area contributed by atoms with Gasteiger partial charge in [-0.15, -0.1) is 11.3 Å². The zero-order valence-electron chi connectivity index (χ0n) is 11.0. The van der Waals surface area contributed by atoms with Gasteiger partial charge in [0.2, 0.25) is 0 Å². The molecule has 98 valence electrons. The van der Waals surface area contributed by atoms with Crippen LogP contribution in [0.15, 0.2) is 12.5 Å². The molecule has 2 aromatic rings. The maximum atomic E-state index is 6.19. The molecule has 1 unspecified atom stereocenters. The molecule has 2 heterocycles. The van der Waals surface area contributed by atoms with Crippen LogP contribution in [0.4, 0.5) is 0 Å². The summed E-state index contributed by atoms with van der Waals surface area (Å²) in [6.07, 6.45) is 4.16. The summed E-state index contributed by atoms with van der Waals surface area (Å²) >= 11 is 1.64. The van der Waals surface area contributed by atoms with Gasteiger partial charge in [0, 0.05) is 30.1 Å². The Morgan fingerprint density at radius 2 is 2.17 bits per heavy atom. The van der Waals surface area contributed by atoms with Crippen LogP contribution in [-0.4, -0.2) is 19.7 Å².